The number of amides is 3. The van der Waals surface area contributed by atoms with Crippen molar-refractivity contribution < 1.29 is 19.5 Å². The SMILES string of the molecule is NCC(=O)N[C@@H](CO)C(=O)N[C@@H](Cc1cnc[nH]1)C(N)=O. The Bertz CT molecular complexity index is 489. The van der Waals surface area contributed by atoms with Gasteiger partial charge in [0.05, 0.1) is 19.5 Å². The van der Waals surface area contributed by atoms with E-state index in [2.05, 4.69) is 20.6 Å². The number of primary amides is 1. The quantitative estimate of drug-likeness (QED) is 0.288. The summed E-state index contributed by atoms with van der Waals surface area (Å²) in [4.78, 5) is 41.0. The molecule has 10 heteroatoms. The second-order valence-corrected chi connectivity index (χ2v) is 4.25. The molecule has 0 aliphatic heterocycles. The van der Waals surface area contributed by atoms with Crippen LogP contribution in [0.1, 0.15) is 5.69 Å². The largest absolute Gasteiger partial charge is 0.394 e. The van der Waals surface area contributed by atoms with Crippen LogP contribution in [0.5, 0.6) is 0 Å². The highest BCUT2D eigenvalue weighted by Gasteiger charge is 2.25. The summed E-state index contributed by atoms with van der Waals surface area (Å²) in [7, 11) is 0. The number of aromatic nitrogens is 2. The Hall–Kier alpha value is -2.46. The summed E-state index contributed by atoms with van der Waals surface area (Å²) in [5.74, 6) is -2.09. The molecular formula is C11H18N6O4. The average Bonchev–Trinajstić information content (AvgIpc) is 2.96. The number of carbonyl (C=O) groups is 3. The van der Waals surface area contributed by atoms with Gasteiger partial charge in [0.15, 0.2) is 0 Å². The van der Waals surface area contributed by atoms with Crippen molar-refractivity contribution in [2.24, 2.45) is 11.5 Å². The van der Waals surface area contributed by atoms with Gasteiger partial charge in [0.25, 0.3) is 0 Å². The molecule has 0 aliphatic rings. The average molecular weight is 298 g/mol. The smallest absolute Gasteiger partial charge is 0.245 e. The molecule has 0 fully saturated rings. The van der Waals surface area contributed by atoms with Crippen molar-refractivity contribution >= 4 is 17.7 Å². The lowest BCUT2D eigenvalue weighted by atomic mass is 10.1. The standard InChI is InChI=1S/C11H18N6O4/c12-2-9(19)16-8(4-18)11(21)17-7(10(13)20)1-6-3-14-5-15-6/h3,5,7-8,18H,1-2,4,12H2,(H2,13,20)(H,14,15)(H,16,19)(H,17,21)/t7-,8-/m0/s1. The molecule has 1 rings (SSSR count). The van der Waals surface area contributed by atoms with Gasteiger partial charge in [0, 0.05) is 18.3 Å². The highest BCUT2D eigenvalue weighted by molar-refractivity contribution is 5.92. The fourth-order valence-electron chi connectivity index (χ4n) is 1.56. The number of imidazole rings is 1. The summed E-state index contributed by atoms with van der Waals surface area (Å²) in [6.45, 7) is -0.954. The van der Waals surface area contributed by atoms with Gasteiger partial charge in [-0.3, -0.25) is 14.4 Å². The molecule has 1 heterocycles. The van der Waals surface area contributed by atoms with E-state index in [0.29, 0.717) is 5.69 Å². The molecule has 0 spiro atoms. The zero-order valence-electron chi connectivity index (χ0n) is 11.2. The molecule has 8 N–H and O–H groups in total. The first kappa shape index (κ1) is 16.6. The Kier molecular flexibility index (Phi) is 6.30. The third-order valence-corrected chi connectivity index (χ3v) is 2.66. The topological polar surface area (TPSA) is 176 Å². The third kappa shape index (κ3) is 5.20. The molecule has 1 aromatic heterocycles. The lowest BCUT2D eigenvalue weighted by Crippen LogP contribution is -2.55. The Balaban J connectivity index is 2.66. The van der Waals surface area contributed by atoms with Gasteiger partial charge < -0.3 is 32.2 Å². The molecule has 1 aromatic rings. The number of nitrogens with one attached hydrogen (secondary N) is 3. The van der Waals surface area contributed by atoms with Crippen molar-refractivity contribution in [1.29, 1.82) is 0 Å². The molecular weight excluding hydrogens is 280 g/mol. The normalized spacial score (nSPS) is 13.2. The number of H-pyrrole nitrogens is 1. The molecule has 2 atom stereocenters. The molecule has 0 aliphatic carbocycles. The van der Waals surface area contributed by atoms with Crippen LogP contribution < -0.4 is 22.1 Å². The number of carbonyl (C=O) groups excluding carboxylic acids is 3. The maximum atomic E-state index is 11.9. The maximum Gasteiger partial charge on any atom is 0.245 e. The minimum atomic E-state index is -1.20. The highest BCUT2D eigenvalue weighted by atomic mass is 16.3. The predicted octanol–water partition coefficient (Wildman–Crippen LogP) is -3.64. The zero-order chi connectivity index (χ0) is 15.8. The number of rotatable bonds is 8. The van der Waals surface area contributed by atoms with Crippen LogP contribution in [-0.2, 0) is 20.8 Å². The summed E-state index contributed by atoms with van der Waals surface area (Å²) < 4.78 is 0. The first-order valence-electron chi connectivity index (χ1n) is 6.15. The fraction of sp³-hybridized carbons (Fsp3) is 0.455. The predicted molar refractivity (Wildman–Crippen MR) is 71.5 cm³/mol. The number of aromatic amines is 1. The Morgan fingerprint density at radius 2 is 2.05 bits per heavy atom. The van der Waals surface area contributed by atoms with Gasteiger partial charge >= 0.3 is 0 Å². The number of hydrogen-bond acceptors (Lipinski definition) is 6. The van der Waals surface area contributed by atoms with Gasteiger partial charge in [-0.15, -0.1) is 0 Å². The summed E-state index contributed by atoms with van der Waals surface area (Å²) in [5, 5.41) is 13.7. The van der Waals surface area contributed by atoms with Gasteiger partial charge in [0.2, 0.25) is 17.7 Å². The minimum Gasteiger partial charge on any atom is -0.394 e. The van der Waals surface area contributed by atoms with Crippen molar-refractivity contribution in [3.8, 4) is 0 Å². The van der Waals surface area contributed by atoms with E-state index in [9.17, 15) is 14.4 Å². The summed E-state index contributed by atoms with van der Waals surface area (Å²) >= 11 is 0. The Morgan fingerprint density at radius 3 is 2.52 bits per heavy atom. The molecule has 0 radical (unpaired) electrons. The first-order valence-corrected chi connectivity index (χ1v) is 6.15. The molecule has 0 unspecified atom stereocenters. The van der Waals surface area contributed by atoms with Crippen LogP contribution in [0.2, 0.25) is 0 Å². The van der Waals surface area contributed by atoms with Crippen LogP contribution in [0, 0.1) is 0 Å². The number of hydrogen-bond donors (Lipinski definition) is 6. The maximum absolute atomic E-state index is 11.9. The van der Waals surface area contributed by atoms with Crippen molar-refractivity contribution in [3.63, 3.8) is 0 Å². The molecule has 21 heavy (non-hydrogen) atoms. The minimum absolute atomic E-state index is 0.115. The summed E-state index contributed by atoms with van der Waals surface area (Å²) in [5.41, 5.74) is 10.9. The van der Waals surface area contributed by atoms with Crippen LogP contribution in [0.3, 0.4) is 0 Å². The Morgan fingerprint density at radius 1 is 1.33 bits per heavy atom. The van der Waals surface area contributed by atoms with E-state index in [0.717, 1.165) is 0 Å². The van der Waals surface area contributed by atoms with Crippen LogP contribution in [0.4, 0.5) is 0 Å². The van der Waals surface area contributed by atoms with Gasteiger partial charge in [-0.2, -0.15) is 0 Å². The van der Waals surface area contributed by atoms with Crippen LogP contribution >= 0.6 is 0 Å². The van der Waals surface area contributed by atoms with Gasteiger partial charge in [0.1, 0.15) is 12.1 Å². The Labute approximate surface area is 120 Å². The van der Waals surface area contributed by atoms with E-state index >= 15 is 0 Å². The zero-order valence-corrected chi connectivity index (χ0v) is 11.2. The van der Waals surface area contributed by atoms with Crippen molar-refractivity contribution in [2.45, 2.75) is 18.5 Å². The monoisotopic (exact) mass is 298 g/mol. The summed E-state index contributed by atoms with van der Waals surface area (Å²) in [6.07, 6.45) is 3.03. The first-order chi connectivity index (χ1) is 9.97. The van der Waals surface area contributed by atoms with Gasteiger partial charge in [-0.05, 0) is 0 Å². The van der Waals surface area contributed by atoms with Crippen LogP contribution in [-0.4, -0.2) is 58.0 Å². The second-order valence-electron chi connectivity index (χ2n) is 4.25. The molecule has 0 saturated carbocycles. The number of nitrogens with two attached hydrogens (primary N) is 2. The van der Waals surface area contributed by atoms with Crippen LogP contribution in [0.15, 0.2) is 12.5 Å². The van der Waals surface area contributed by atoms with Crippen molar-refractivity contribution in [3.05, 3.63) is 18.2 Å². The van der Waals surface area contributed by atoms with Crippen molar-refractivity contribution in [2.75, 3.05) is 13.2 Å². The summed E-state index contributed by atoms with van der Waals surface area (Å²) in [6, 6.07) is -2.20. The van der Waals surface area contributed by atoms with E-state index in [1.807, 2.05) is 0 Å². The van der Waals surface area contributed by atoms with Crippen LogP contribution in [0.25, 0.3) is 0 Å². The number of aliphatic hydroxyl groups excluding tert-OH is 1. The molecule has 0 saturated heterocycles. The number of nitrogens with zero attached hydrogens (tertiary/aromatic N) is 1. The van der Waals surface area contributed by atoms with E-state index < -0.39 is 36.4 Å². The molecule has 116 valence electrons. The fourth-order valence-corrected chi connectivity index (χ4v) is 1.56. The number of aliphatic hydroxyl groups is 1. The lowest BCUT2D eigenvalue weighted by molar-refractivity contribution is -0.131. The second kappa shape index (κ2) is 7.97. The van der Waals surface area contributed by atoms with E-state index in [4.69, 9.17) is 16.6 Å². The van der Waals surface area contributed by atoms with E-state index in [1.165, 1.54) is 12.5 Å². The third-order valence-electron chi connectivity index (χ3n) is 2.66. The van der Waals surface area contributed by atoms with Gasteiger partial charge in [-0.25, -0.2) is 4.98 Å². The van der Waals surface area contributed by atoms with Gasteiger partial charge in [-0.1, -0.05) is 0 Å². The van der Waals surface area contributed by atoms with E-state index in [-0.39, 0.29) is 13.0 Å². The lowest BCUT2D eigenvalue weighted by Gasteiger charge is -2.20. The molecule has 3 amide bonds. The molecule has 0 bridgehead atoms. The molecule has 0 aromatic carbocycles. The molecule has 10 nitrogen and oxygen atoms in total. The van der Waals surface area contributed by atoms with E-state index in [1.54, 1.807) is 0 Å². The van der Waals surface area contributed by atoms with Crippen molar-refractivity contribution in [1.82, 2.24) is 20.6 Å². The highest BCUT2D eigenvalue weighted by Crippen LogP contribution is 1.99.